The second kappa shape index (κ2) is 10.8. The van der Waals surface area contributed by atoms with Gasteiger partial charge in [0.15, 0.2) is 5.78 Å². The van der Waals surface area contributed by atoms with Crippen molar-refractivity contribution in [3.63, 3.8) is 0 Å². The van der Waals surface area contributed by atoms with Crippen LogP contribution in [0.3, 0.4) is 0 Å². The first-order chi connectivity index (χ1) is 14.6. The molecular formula is C20H27N5O6S. The van der Waals surface area contributed by atoms with Crippen LogP contribution in [0.25, 0.3) is 0 Å². The van der Waals surface area contributed by atoms with Crippen molar-refractivity contribution in [3.05, 3.63) is 67.8 Å². The van der Waals surface area contributed by atoms with E-state index in [0.717, 1.165) is 0 Å². The third-order valence-electron chi connectivity index (χ3n) is 4.22. The average Bonchev–Trinajstić information content (AvgIpc) is 2.67. The standard InChI is InChI=1S/C12H19N3O3S.C8H8N2O3/c1-8(14-19(18)12(2,3)4)9-5-6-10(13)11(7-9)15(16)17;1-5(11)6-2-3-7(9)8(4-6)10(12)13/h5-8,14H,13H2,1-4H3;2-4H,9H2,1H3. The Morgan fingerprint density at radius 1 is 1.00 bits per heavy atom. The molecule has 0 aliphatic heterocycles. The summed E-state index contributed by atoms with van der Waals surface area (Å²) in [5.74, 6) is -0.219. The van der Waals surface area contributed by atoms with Gasteiger partial charge in [-0.05, 0) is 58.4 Å². The molecule has 0 amide bonds. The summed E-state index contributed by atoms with van der Waals surface area (Å²) in [4.78, 5) is 31.0. The van der Waals surface area contributed by atoms with E-state index >= 15 is 0 Å². The fourth-order valence-corrected chi connectivity index (χ4v) is 3.13. The van der Waals surface area contributed by atoms with Gasteiger partial charge in [0, 0.05) is 23.7 Å². The van der Waals surface area contributed by atoms with E-state index < -0.39 is 25.6 Å². The lowest BCUT2D eigenvalue weighted by molar-refractivity contribution is -0.384. The lowest BCUT2D eigenvalue weighted by atomic mass is 10.1. The maximum Gasteiger partial charge on any atom is 0.292 e. The minimum atomic E-state index is -1.24. The molecule has 0 aromatic heterocycles. The van der Waals surface area contributed by atoms with Crippen molar-refractivity contribution >= 4 is 39.5 Å². The van der Waals surface area contributed by atoms with Gasteiger partial charge in [-0.25, -0.2) is 8.93 Å². The van der Waals surface area contributed by atoms with Gasteiger partial charge in [0.2, 0.25) is 0 Å². The lowest BCUT2D eigenvalue weighted by Crippen LogP contribution is -2.34. The molecule has 2 atom stereocenters. The maximum atomic E-state index is 12.0. The fourth-order valence-electron chi connectivity index (χ4n) is 2.31. The van der Waals surface area contributed by atoms with Gasteiger partial charge in [-0.1, -0.05) is 6.07 Å². The van der Waals surface area contributed by atoms with Crippen LogP contribution in [-0.2, 0) is 11.0 Å². The quantitative estimate of drug-likeness (QED) is 0.249. The molecule has 0 aliphatic carbocycles. The van der Waals surface area contributed by atoms with E-state index in [1.165, 1.54) is 37.3 Å². The molecule has 11 nitrogen and oxygen atoms in total. The Balaban J connectivity index is 0.000000343. The zero-order chi connectivity index (χ0) is 24.8. The highest BCUT2D eigenvalue weighted by molar-refractivity contribution is 7.84. The molecule has 0 spiro atoms. The highest BCUT2D eigenvalue weighted by Gasteiger charge is 2.23. The van der Waals surface area contributed by atoms with Crippen LogP contribution in [0.15, 0.2) is 36.4 Å². The summed E-state index contributed by atoms with van der Waals surface area (Å²) in [7, 11) is -1.24. The second-order valence-electron chi connectivity index (χ2n) is 7.88. The Hall–Kier alpha value is -3.38. The summed E-state index contributed by atoms with van der Waals surface area (Å²) in [6, 6.07) is 8.33. The van der Waals surface area contributed by atoms with Crippen molar-refractivity contribution in [2.45, 2.75) is 45.4 Å². The minimum absolute atomic E-state index is 0.0648. The number of nitrogens with zero attached hydrogens (tertiary/aromatic N) is 2. The Morgan fingerprint density at radius 2 is 1.47 bits per heavy atom. The van der Waals surface area contributed by atoms with Crippen LogP contribution in [0.1, 0.15) is 56.6 Å². The third kappa shape index (κ3) is 7.39. The van der Waals surface area contributed by atoms with E-state index in [-0.39, 0.29) is 34.6 Å². The van der Waals surface area contributed by atoms with Crippen molar-refractivity contribution in [2.24, 2.45) is 0 Å². The summed E-state index contributed by atoms with van der Waals surface area (Å²) in [6.45, 7) is 8.71. The zero-order valence-corrected chi connectivity index (χ0v) is 19.3. The number of nitro benzene ring substituents is 2. The van der Waals surface area contributed by atoms with Crippen molar-refractivity contribution in [1.29, 1.82) is 0 Å². The van der Waals surface area contributed by atoms with Gasteiger partial charge in [-0.15, -0.1) is 0 Å². The highest BCUT2D eigenvalue weighted by Crippen LogP contribution is 2.26. The molecule has 5 N–H and O–H groups in total. The zero-order valence-electron chi connectivity index (χ0n) is 18.4. The second-order valence-corrected chi connectivity index (χ2v) is 9.88. The Morgan fingerprint density at radius 3 is 1.91 bits per heavy atom. The minimum Gasteiger partial charge on any atom is -0.393 e. The van der Waals surface area contributed by atoms with Crippen LogP contribution < -0.4 is 16.2 Å². The molecule has 0 saturated carbocycles. The number of nitrogen functional groups attached to an aromatic ring is 2. The molecule has 0 heterocycles. The van der Waals surface area contributed by atoms with E-state index in [0.29, 0.717) is 11.1 Å². The van der Waals surface area contributed by atoms with Crippen LogP contribution in [0.4, 0.5) is 22.7 Å². The van der Waals surface area contributed by atoms with Crippen molar-refractivity contribution in [1.82, 2.24) is 4.72 Å². The number of anilines is 2. The van der Waals surface area contributed by atoms with Crippen LogP contribution in [-0.4, -0.2) is 24.6 Å². The molecule has 0 aliphatic rings. The molecule has 0 fully saturated rings. The molecule has 2 rings (SSSR count). The van der Waals surface area contributed by atoms with E-state index in [2.05, 4.69) is 4.72 Å². The number of nitrogens with two attached hydrogens (primary N) is 2. The van der Waals surface area contributed by atoms with Gasteiger partial charge >= 0.3 is 0 Å². The summed E-state index contributed by atoms with van der Waals surface area (Å²) in [5.41, 5.74) is 11.7. The van der Waals surface area contributed by atoms with E-state index in [1.54, 1.807) is 13.0 Å². The summed E-state index contributed by atoms with van der Waals surface area (Å²) < 4.78 is 14.5. The number of nitrogens with one attached hydrogen (secondary N) is 1. The summed E-state index contributed by atoms with van der Waals surface area (Å²) >= 11 is 0. The molecular weight excluding hydrogens is 438 g/mol. The van der Waals surface area contributed by atoms with Crippen LogP contribution >= 0.6 is 0 Å². The first-order valence-corrected chi connectivity index (χ1v) is 10.6. The number of carbonyl (C=O) groups excluding carboxylic acids is 1. The smallest absolute Gasteiger partial charge is 0.292 e. The molecule has 12 heteroatoms. The Bertz CT molecular complexity index is 1050. The van der Waals surface area contributed by atoms with E-state index in [9.17, 15) is 29.2 Å². The molecule has 2 aromatic carbocycles. The lowest BCUT2D eigenvalue weighted by Gasteiger charge is -2.22. The van der Waals surface area contributed by atoms with Gasteiger partial charge in [0.1, 0.15) is 11.4 Å². The van der Waals surface area contributed by atoms with Crippen molar-refractivity contribution < 1.29 is 18.9 Å². The molecule has 0 radical (unpaired) electrons. The Labute approximate surface area is 188 Å². The average molecular weight is 466 g/mol. The number of nitro groups is 2. The molecule has 32 heavy (non-hydrogen) atoms. The van der Waals surface area contributed by atoms with Gasteiger partial charge in [-0.2, -0.15) is 0 Å². The molecule has 0 saturated heterocycles. The number of carbonyl (C=O) groups is 1. The van der Waals surface area contributed by atoms with E-state index in [1.807, 2.05) is 20.8 Å². The van der Waals surface area contributed by atoms with E-state index in [4.69, 9.17) is 11.5 Å². The number of benzene rings is 2. The normalized spacial score (nSPS) is 12.8. The summed E-state index contributed by atoms with van der Waals surface area (Å²) in [6.07, 6.45) is 0. The summed E-state index contributed by atoms with van der Waals surface area (Å²) in [5, 5.41) is 21.2. The molecule has 2 aromatic rings. The number of hydrogen-bond donors (Lipinski definition) is 3. The number of hydrogen-bond acceptors (Lipinski definition) is 8. The number of Topliss-reactive ketones (excluding diaryl/α,β-unsaturated/α-hetero) is 1. The van der Waals surface area contributed by atoms with Gasteiger partial charge < -0.3 is 11.5 Å². The topological polar surface area (TPSA) is 184 Å². The fraction of sp³-hybridized carbons (Fsp3) is 0.350. The molecule has 174 valence electrons. The first-order valence-electron chi connectivity index (χ1n) is 9.41. The van der Waals surface area contributed by atoms with Gasteiger partial charge in [-0.3, -0.25) is 25.0 Å². The van der Waals surface area contributed by atoms with Crippen LogP contribution in [0.5, 0.6) is 0 Å². The maximum absolute atomic E-state index is 12.0. The van der Waals surface area contributed by atoms with Crippen molar-refractivity contribution in [2.75, 3.05) is 11.5 Å². The monoisotopic (exact) mass is 465 g/mol. The predicted molar refractivity (Wildman–Crippen MR) is 124 cm³/mol. The molecule has 0 bridgehead atoms. The van der Waals surface area contributed by atoms with Gasteiger partial charge in [0.25, 0.3) is 11.4 Å². The molecule has 2 unspecified atom stereocenters. The van der Waals surface area contributed by atoms with Crippen LogP contribution in [0, 0.1) is 20.2 Å². The van der Waals surface area contributed by atoms with Crippen LogP contribution in [0.2, 0.25) is 0 Å². The largest absolute Gasteiger partial charge is 0.393 e. The van der Waals surface area contributed by atoms with Crippen molar-refractivity contribution in [3.8, 4) is 0 Å². The number of ketones is 1. The first kappa shape index (κ1) is 26.7. The Kier molecular flexibility index (Phi) is 8.98. The SMILES string of the molecule is CC(=O)c1ccc(N)c([N+](=O)[O-])c1.CC(NS(=O)C(C)(C)C)c1ccc(N)c([N+](=O)[O-])c1. The predicted octanol–water partition coefficient (Wildman–Crippen LogP) is 3.67. The third-order valence-corrected chi connectivity index (χ3v) is 5.90. The number of rotatable bonds is 6. The van der Waals surface area contributed by atoms with Gasteiger partial charge in [0.05, 0.1) is 25.6 Å². The highest BCUT2D eigenvalue weighted by atomic mass is 32.2.